The van der Waals surface area contributed by atoms with Crippen molar-refractivity contribution in [2.45, 2.75) is 39.0 Å². The highest BCUT2D eigenvalue weighted by Crippen LogP contribution is 2.37. The third-order valence-electron chi connectivity index (χ3n) is 5.29. The average Bonchev–Trinajstić information content (AvgIpc) is 2.94. The molecule has 28 heavy (non-hydrogen) atoms. The summed E-state index contributed by atoms with van der Waals surface area (Å²) in [5, 5.41) is 0. The van der Waals surface area contributed by atoms with Crippen molar-refractivity contribution in [2.75, 3.05) is 13.2 Å². The minimum Gasteiger partial charge on any atom is -0.483 e. The van der Waals surface area contributed by atoms with Crippen LogP contribution in [0.3, 0.4) is 0 Å². The summed E-state index contributed by atoms with van der Waals surface area (Å²) in [6.07, 6.45) is 3.36. The Labute approximate surface area is 163 Å². The number of nitrogens with one attached hydrogen (secondary N) is 2. The molecule has 1 aliphatic carbocycles. The van der Waals surface area contributed by atoms with Gasteiger partial charge >= 0.3 is 0 Å². The van der Waals surface area contributed by atoms with Gasteiger partial charge in [0.2, 0.25) is 17.7 Å². The van der Waals surface area contributed by atoms with Gasteiger partial charge in [0.15, 0.2) is 6.61 Å². The van der Waals surface area contributed by atoms with Crippen molar-refractivity contribution in [3.8, 4) is 5.75 Å². The van der Waals surface area contributed by atoms with E-state index in [0.29, 0.717) is 5.75 Å². The number of fused-ring (bicyclic) bond motifs is 1. The van der Waals surface area contributed by atoms with Crippen molar-refractivity contribution in [3.05, 3.63) is 29.8 Å². The van der Waals surface area contributed by atoms with Crippen molar-refractivity contribution in [1.82, 2.24) is 15.8 Å². The van der Waals surface area contributed by atoms with Gasteiger partial charge in [-0.1, -0.05) is 31.0 Å². The van der Waals surface area contributed by atoms with Crippen LogP contribution in [0.15, 0.2) is 24.3 Å². The van der Waals surface area contributed by atoms with Gasteiger partial charge < -0.3 is 4.74 Å². The number of aryl methyl sites for hydroxylation is 1. The van der Waals surface area contributed by atoms with Crippen LogP contribution in [0.1, 0.15) is 37.7 Å². The quantitative estimate of drug-likeness (QED) is 0.562. The topological polar surface area (TPSA) is 105 Å². The first-order valence-corrected chi connectivity index (χ1v) is 9.58. The molecule has 2 aliphatic rings. The number of carbonyl (C=O) groups excluding carboxylic acids is 4. The van der Waals surface area contributed by atoms with Crippen LogP contribution in [0.5, 0.6) is 5.75 Å². The van der Waals surface area contributed by atoms with Crippen molar-refractivity contribution in [1.29, 1.82) is 0 Å². The zero-order valence-corrected chi connectivity index (χ0v) is 15.9. The zero-order valence-electron chi connectivity index (χ0n) is 15.9. The largest absolute Gasteiger partial charge is 0.483 e. The lowest BCUT2D eigenvalue weighted by Crippen LogP contribution is -2.45. The first kappa shape index (κ1) is 19.9. The third kappa shape index (κ3) is 4.49. The number of benzene rings is 1. The van der Waals surface area contributed by atoms with Gasteiger partial charge in [0.05, 0.1) is 11.8 Å². The average molecular weight is 387 g/mol. The monoisotopic (exact) mass is 387 g/mol. The standard InChI is InChI=1S/C20H25N3O5/c1-13-6-2-5-9-16(13)28-12-18(25)22-21-17(24)10-11-23-19(26)14-7-3-4-8-15(14)20(23)27/h2,5-6,9,14-15H,3-4,7-8,10-12H2,1H3,(H,21,24)(H,22,25)/t14-,15-/m0/s1. The maximum Gasteiger partial charge on any atom is 0.276 e. The maximum atomic E-state index is 12.4. The predicted molar refractivity (Wildman–Crippen MR) is 99.7 cm³/mol. The molecule has 0 radical (unpaired) electrons. The van der Waals surface area contributed by atoms with Crippen molar-refractivity contribution in [2.24, 2.45) is 11.8 Å². The van der Waals surface area contributed by atoms with Gasteiger partial charge in [0.25, 0.3) is 5.91 Å². The lowest BCUT2D eigenvalue weighted by atomic mass is 9.81. The van der Waals surface area contributed by atoms with E-state index >= 15 is 0 Å². The molecule has 1 saturated heterocycles. The molecule has 1 aromatic rings. The number of nitrogens with zero attached hydrogens (tertiary/aromatic N) is 1. The van der Waals surface area contributed by atoms with E-state index < -0.39 is 11.8 Å². The molecule has 1 aliphatic heterocycles. The third-order valence-corrected chi connectivity index (χ3v) is 5.29. The van der Waals surface area contributed by atoms with Gasteiger partial charge in [-0.25, -0.2) is 0 Å². The Kier molecular flexibility index (Phi) is 6.28. The fourth-order valence-corrected chi connectivity index (χ4v) is 3.76. The Balaban J connectivity index is 1.38. The number of hydrazine groups is 1. The predicted octanol–water partition coefficient (Wildman–Crippen LogP) is 1.09. The summed E-state index contributed by atoms with van der Waals surface area (Å²) in [4.78, 5) is 49.7. The molecule has 8 heteroatoms. The van der Waals surface area contributed by atoms with E-state index in [9.17, 15) is 19.2 Å². The molecular formula is C20H25N3O5. The van der Waals surface area contributed by atoms with Crippen LogP contribution in [0.25, 0.3) is 0 Å². The summed E-state index contributed by atoms with van der Waals surface area (Å²) >= 11 is 0. The van der Waals surface area contributed by atoms with E-state index in [1.54, 1.807) is 12.1 Å². The zero-order chi connectivity index (χ0) is 20.1. The summed E-state index contributed by atoms with van der Waals surface area (Å²) in [7, 11) is 0. The van der Waals surface area contributed by atoms with Crippen LogP contribution in [-0.4, -0.2) is 41.7 Å². The van der Waals surface area contributed by atoms with Crippen LogP contribution in [-0.2, 0) is 19.2 Å². The Hall–Kier alpha value is -2.90. The number of likely N-dealkylation sites (tertiary alicyclic amines) is 1. The number of ether oxygens (including phenoxy) is 1. The summed E-state index contributed by atoms with van der Waals surface area (Å²) in [5.41, 5.74) is 5.45. The van der Waals surface area contributed by atoms with Crippen LogP contribution in [0.4, 0.5) is 0 Å². The van der Waals surface area contributed by atoms with E-state index in [2.05, 4.69) is 10.9 Å². The van der Waals surface area contributed by atoms with E-state index in [1.165, 1.54) is 4.90 Å². The summed E-state index contributed by atoms with van der Waals surface area (Å²) < 4.78 is 5.39. The van der Waals surface area contributed by atoms with Crippen LogP contribution < -0.4 is 15.6 Å². The molecule has 0 bridgehead atoms. The second-order valence-corrected chi connectivity index (χ2v) is 7.23. The van der Waals surface area contributed by atoms with Gasteiger partial charge in [-0.3, -0.25) is 34.9 Å². The second kappa shape index (κ2) is 8.86. The fourth-order valence-electron chi connectivity index (χ4n) is 3.76. The number of rotatable bonds is 6. The Morgan fingerprint density at radius 2 is 1.64 bits per heavy atom. The number of imide groups is 1. The number of para-hydroxylation sites is 1. The molecule has 3 rings (SSSR count). The lowest BCUT2D eigenvalue weighted by Gasteiger charge is -2.19. The highest BCUT2D eigenvalue weighted by atomic mass is 16.5. The van der Waals surface area contributed by atoms with E-state index in [1.807, 2.05) is 19.1 Å². The molecule has 1 aromatic carbocycles. The maximum absolute atomic E-state index is 12.4. The molecule has 0 spiro atoms. The number of hydrogen-bond donors (Lipinski definition) is 2. The minimum absolute atomic E-state index is 0.0338. The SMILES string of the molecule is Cc1ccccc1OCC(=O)NNC(=O)CCN1C(=O)[C@H]2CCCC[C@@H]2C1=O. The molecule has 1 heterocycles. The van der Waals surface area contributed by atoms with E-state index in [-0.39, 0.29) is 43.2 Å². The molecule has 0 aromatic heterocycles. The normalized spacial score (nSPS) is 21.2. The molecule has 1 saturated carbocycles. The van der Waals surface area contributed by atoms with E-state index in [4.69, 9.17) is 4.74 Å². The molecule has 150 valence electrons. The Bertz CT molecular complexity index is 755. The molecule has 8 nitrogen and oxygen atoms in total. The lowest BCUT2D eigenvalue weighted by molar-refractivity contribution is -0.140. The number of carbonyl (C=O) groups is 4. The fraction of sp³-hybridized carbons (Fsp3) is 0.500. The number of amides is 4. The molecule has 2 fully saturated rings. The first-order valence-electron chi connectivity index (χ1n) is 9.58. The van der Waals surface area contributed by atoms with Gasteiger partial charge in [0, 0.05) is 13.0 Å². The van der Waals surface area contributed by atoms with Crippen molar-refractivity contribution >= 4 is 23.6 Å². The van der Waals surface area contributed by atoms with Crippen LogP contribution >= 0.6 is 0 Å². The molecule has 4 amide bonds. The van der Waals surface area contributed by atoms with Crippen molar-refractivity contribution < 1.29 is 23.9 Å². The van der Waals surface area contributed by atoms with Gasteiger partial charge in [-0.05, 0) is 31.4 Å². The van der Waals surface area contributed by atoms with Gasteiger partial charge in [0.1, 0.15) is 5.75 Å². The summed E-state index contributed by atoms with van der Waals surface area (Å²) in [5.74, 6) is -1.16. The summed E-state index contributed by atoms with van der Waals surface area (Å²) in [6.45, 7) is 1.66. The van der Waals surface area contributed by atoms with Crippen molar-refractivity contribution in [3.63, 3.8) is 0 Å². The van der Waals surface area contributed by atoms with Gasteiger partial charge in [-0.2, -0.15) is 0 Å². The highest BCUT2D eigenvalue weighted by molar-refractivity contribution is 6.05. The van der Waals surface area contributed by atoms with Crippen LogP contribution in [0, 0.1) is 18.8 Å². The smallest absolute Gasteiger partial charge is 0.276 e. The Morgan fingerprint density at radius 1 is 1.04 bits per heavy atom. The highest BCUT2D eigenvalue weighted by Gasteiger charge is 2.47. The number of hydrogen-bond acceptors (Lipinski definition) is 5. The molecule has 0 unspecified atom stereocenters. The molecule has 2 atom stereocenters. The molecule has 2 N–H and O–H groups in total. The summed E-state index contributed by atoms with van der Waals surface area (Å²) in [6, 6.07) is 7.29. The van der Waals surface area contributed by atoms with E-state index in [0.717, 1.165) is 31.2 Å². The Morgan fingerprint density at radius 3 is 2.29 bits per heavy atom. The van der Waals surface area contributed by atoms with Gasteiger partial charge in [-0.15, -0.1) is 0 Å². The minimum atomic E-state index is -0.504. The first-order chi connectivity index (χ1) is 13.5. The van der Waals surface area contributed by atoms with Crippen LogP contribution in [0.2, 0.25) is 0 Å². The molecular weight excluding hydrogens is 362 g/mol. The second-order valence-electron chi connectivity index (χ2n) is 7.23.